The van der Waals surface area contributed by atoms with E-state index in [-0.39, 0.29) is 48.8 Å². The molecule has 0 aromatic rings. The van der Waals surface area contributed by atoms with Crippen LogP contribution in [0.2, 0.25) is 0 Å². The normalized spacial score (nSPS) is 39.6. The smallest absolute Gasteiger partial charge is 0.0593 e. The molecule has 0 bridgehead atoms. The van der Waals surface area contributed by atoms with Crippen molar-refractivity contribution < 1.29 is 40.9 Å². The van der Waals surface area contributed by atoms with Gasteiger partial charge in [0.15, 0.2) is 0 Å². The van der Waals surface area contributed by atoms with Crippen LogP contribution in [0, 0.1) is 81.8 Å². The lowest BCUT2D eigenvalue weighted by Gasteiger charge is -2.35. The molecule has 8 rings (SSSR count). The monoisotopic (exact) mass is 1220 g/mol. The summed E-state index contributed by atoms with van der Waals surface area (Å²) in [5.41, 5.74) is 0.983. The largest absolute Gasteiger partial charge is 0.393 e. The van der Waals surface area contributed by atoms with Gasteiger partial charge in [-0.15, -0.1) is 0 Å². The van der Waals surface area contributed by atoms with Crippen LogP contribution in [0.4, 0.5) is 0 Å². The summed E-state index contributed by atoms with van der Waals surface area (Å²) in [6.45, 7) is 35.7. The second kappa shape index (κ2) is 47.5. The van der Waals surface area contributed by atoms with Gasteiger partial charge in [0.1, 0.15) is 0 Å². The molecular weight excluding hydrogens is 1060 g/mol. The standard InChI is InChI=1S/6C10H20O.2C9H18O/c1-3-5-9-6-4-7-10(11)8(9)2;1-3-5-9-8(2)6-4-7-10(9)11;1-3-5-9-7-4-6-8(2)10(9)11;1-3-4-9-5-6-10(11)7-8(9)2;1-3-4-9-5-6-10(11)8(2)7-9;1-3-4-9-6-5-8(2)10(11)7-9;1-3-9(2)6-4-8(10)5-7-9;1-3-9(2)6-4-5-8(10)7-9/h6*8-11H,3-7H2,1-2H3;2*8,10H,3-7H2,1-2H3. The van der Waals surface area contributed by atoms with Gasteiger partial charge in [-0.3, -0.25) is 0 Å². The van der Waals surface area contributed by atoms with Crippen molar-refractivity contribution in [2.45, 2.75) is 416 Å². The Labute approximate surface area is 536 Å². The van der Waals surface area contributed by atoms with E-state index in [1.54, 1.807) is 0 Å². The highest BCUT2D eigenvalue weighted by Gasteiger charge is 2.33. The Balaban J connectivity index is 0.000000492. The van der Waals surface area contributed by atoms with Gasteiger partial charge in [-0.2, -0.15) is 0 Å². The quantitative estimate of drug-likeness (QED) is 0.0853. The minimum atomic E-state index is -0.0151. The molecule has 0 aromatic carbocycles. The molecule has 86 heavy (non-hydrogen) atoms. The van der Waals surface area contributed by atoms with Crippen LogP contribution in [-0.2, 0) is 0 Å². The van der Waals surface area contributed by atoms with E-state index < -0.39 is 0 Å². The highest BCUT2D eigenvalue weighted by Crippen LogP contribution is 2.41. The average Bonchev–Trinajstić information content (AvgIpc) is 3.66. The Bertz CT molecular complexity index is 1480. The van der Waals surface area contributed by atoms with E-state index in [9.17, 15) is 40.9 Å². The summed E-state index contributed by atoms with van der Waals surface area (Å²) >= 11 is 0. The van der Waals surface area contributed by atoms with Gasteiger partial charge >= 0.3 is 0 Å². The first-order valence-electron chi connectivity index (χ1n) is 38.2. The van der Waals surface area contributed by atoms with E-state index in [0.717, 1.165) is 99.7 Å². The molecular formula is C78H156O8. The molecule has 0 amide bonds. The van der Waals surface area contributed by atoms with Gasteiger partial charge in [-0.25, -0.2) is 0 Å². The second-order valence-corrected chi connectivity index (χ2v) is 31.6. The van der Waals surface area contributed by atoms with E-state index in [0.29, 0.717) is 46.3 Å². The van der Waals surface area contributed by atoms with Crippen molar-refractivity contribution in [3.05, 3.63) is 0 Å². The van der Waals surface area contributed by atoms with Crippen molar-refractivity contribution in [1.82, 2.24) is 0 Å². The molecule has 8 saturated carbocycles. The maximum atomic E-state index is 9.77. The molecule has 8 aliphatic rings. The minimum Gasteiger partial charge on any atom is -0.393 e. The lowest BCUT2D eigenvalue weighted by molar-refractivity contribution is 0.0212. The number of aliphatic hydroxyl groups is 8. The number of aliphatic hydroxyl groups excluding tert-OH is 8. The van der Waals surface area contributed by atoms with Crippen LogP contribution in [0.25, 0.3) is 0 Å². The van der Waals surface area contributed by atoms with Gasteiger partial charge in [-0.1, -0.05) is 233 Å². The summed E-state index contributed by atoms with van der Waals surface area (Å²) < 4.78 is 0. The third kappa shape index (κ3) is 34.5. The molecule has 20 unspecified atom stereocenters. The molecule has 0 radical (unpaired) electrons. The van der Waals surface area contributed by atoms with Gasteiger partial charge in [0.25, 0.3) is 0 Å². The predicted molar refractivity (Wildman–Crippen MR) is 370 cm³/mol. The molecule has 516 valence electrons. The predicted octanol–water partition coefficient (Wildman–Crippen LogP) is 20.2. The first-order valence-corrected chi connectivity index (χ1v) is 38.2. The Morgan fingerprint density at radius 3 is 1.35 bits per heavy atom. The summed E-state index contributed by atoms with van der Waals surface area (Å²) in [6.07, 6.45) is 48.2. The summed E-state index contributed by atoms with van der Waals surface area (Å²) in [4.78, 5) is 0. The fourth-order valence-corrected chi connectivity index (χ4v) is 16.6. The first-order chi connectivity index (χ1) is 40.8. The van der Waals surface area contributed by atoms with Crippen molar-refractivity contribution in [1.29, 1.82) is 0 Å². The zero-order valence-electron chi connectivity index (χ0n) is 60.4. The van der Waals surface area contributed by atoms with Crippen LogP contribution in [0.15, 0.2) is 0 Å². The highest BCUT2D eigenvalue weighted by molar-refractivity contribution is 4.85. The van der Waals surface area contributed by atoms with Crippen molar-refractivity contribution in [2.24, 2.45) is 81.8 Å². The van der Waals surface area contributed by atoms with Gasteiger partial charge in [0.2, 0.25) is 0 Å². The van der Waals surface area contributed by atoms with Crippen LogP contribution in [0.1, 0.15) is 368 Å². The van der Waals surface area contributed by atoms with E-state index in [1.807, 2.05) is 0 Å². The molecule has 0 aromatic heterocycles. The molecule has 8 heteroatoms. The van der Waals surface area contributed by atoms with Crippen LogP contribution < -0.4 is 0 Å². The molecule has 8 nitrogen and oxygen atoms in total. The van der Waals surface area contributed by atoms with Crippen LogP contribution in [-0.4, -0.2) is 89.7 Å². The van der Waals surface area contributed by atoms with Crippen molar-refractivity contribution in [2.75, 3.05) is 0 Å². The third-order valence-corrected chi connectivity index (χ3v) is 23.8. The molecule has 0 spiro atoms. The Morgan fingerprint density at radius 2 is 0.826 bits per heavy atom. The molecule has 8 aliphatic carbocycles. The van der Waals surface area contributed by atoms with E-state index >= 15 is 0 Å². The molecule has 0 heterocycles. The van der Waals surface area contributed by atoms with Crippen LogP contribution in [0.5, 0.6) is 0 Å². The van der Waals surface area contributed by atoms with E-state index in [1.165, 1.54) is 193 Å². The minimum absolute atomic E-state index is 0.000347. The summed E-state index contributed by atoms with van der Waals surface area (Å²) in [5, 5.41) is 76.0. The SMILES string of the molecule is CCC1(C)CCC(O)CC1.CCC1(C)CCCC(O)C1.CCCC1C(C)CCCC1O.CCCC1CCC(C)C(O)C1.CCCC1CCC(O)C(C)C1.CCCC1CCC(O)CC1C.CCCC1CCCC(C)C1O.CCCC1CCCC(O)C1C. The first kappa shape index (κ1) is 83.7. The molecule has 8 fully saturated rings. The maximum Gasteiger partial charge on any atom is 0.0593 e. The highest BCUT2D eigenvalue weighted by atomic mass is 16.3. The lowest BCUT2D eigenvalue weighted by atomic mass is 9.73. The summed E-state index contributed by atoms with van der Waals surface area (Å²) in [6, 6.07) is 0. The Kier molecular flexibility index (Phi) is 46.3. The van der Waals surface area contributed by atoms with E-state index in [2.05, 4.69) is 111 Å². The Morgan fingerprint density at radius 1 is 0.314 bits per heavy atom. The van der Waals surface area contributed by atoms with Gasteiger partial charge in [-0.05, 0) is 217 Å². The van der Waals surface area contributed by atoms with Gasteiger partial charge in [0.05, 0.1) is 48.8 Å². The zero-order valence-corrected chi connectivity index (χ0v) is 60.4. The van der Waals surface area contributed by atoms with Crippen molar-refractivity contribution >= 4 is 0 Å². The molecule has 8 N–H and O–H groups in total. The number of hydrogen-bond acceptors (Lipinski definition) is 8. The second-order valence-electron chi connectivity index (χ2n) is 31.6. The zero-order chi connectivity index (χ0) is 64.8. The third-order valence-electron chi connectivity index (χ3n) is 23.8. The fraction of sp³-hybridized carbons (Fsp3) is 1.00. The molecule has 0 aliphatic heterocycles. The number of hydrogen-bond donors (Lipinski definition) is 8. The van der Waals surface area contributed by atoms with Crippen molar-refractivity contribution in [3.63, 3.8) is 0 Å². The fourth-order valence-electron chi connectivity index (χ4n) is 16.6. The van der Waals surface area contributed by atoms with Crippen molar-refractivity contribution in [3.8, 4) is 0 Å². The maximum absolute atomic E-state index is 9.77. The topological polar surface area (TPSA) is 162 Å². The van der Waals surface area contributed by atoms with Gasteiger partial charge < -0.3 is 40.9 Å². The van der Waals surface area contributed by atoms with Gasteiger partial charge in [0, 0.05) is 0 Å². The van der Waals surface area contributed by atoms with Crippen LogP contribution >= 0.6 is 0 Å². The molecule has 20 atom stereocenters. The lowest BCUT2D eigenvalue weighted by Crippen LogP contribution is -2.31. The Hall–Kier alpha value is -0.320. The summed E-state index contributed by atoms with van der Waals surface area (Å²) in [7, 11) is 0. The van der Waals surface area contributed by atoms with E-state index in [4.69, 9.17) is 0 Å². The molecule has 0 saturated heterocycles. The number of rotatable bonds is 14. The van der Waals surface area contributed by atoms with Crippen LogP contribution in [0.3, 0.4) is 0 Å². The average molecular weight is 1220 g/mol. The summed E-state index contributed by atoms with van der Waals surface area (Å²) in [5.74, 6) is 8.26.